The van der Waals surface area contributed by atoms with Crippen molar-refractivity contribution in [1.82, 2.24) is 25.3 Å². The molecule has 10 atom stereocenters. The maximum atomic E-state index is 13.7. The van der Waals surface area contributed by atoms with Crippen molar-refractivity contribution < 1.29 is 112 Å². The lowest BCUT2D eigenvalue weighted by Crippen LogP contribution is -2.61. The maximum Gasteiger partial charge on any atom is 0.410 e. The minimum atomic E-state index is -1.82. The van der Waals surface area contributed by atoms with Gasteiger partial charge in [-0.2, -0.15) is 0 Å². The van der Waals surface area contributed by atoms with Crippen LogP contribution in [0, 0.1) is 12.3 Å². The molecule has 2 saturated heterocycles. The van der Waals surface area contributed by atoms with Gasteiger partial charge in [-0.05, 0) is 37.8 Å². The lowest BCUT2D eigenvalue weighted by molar-refractivity contribution is -0.148. The van der Waals surface area contributed by atoms with Crippen molar-refractivity contribution in [3.63, 3.8) is 0 Å². The van der Waals surface area contributed by atoms with Gasteiger partial charge in [0, 0.05) is 53.1 Å². The van der Waals surface area contributed by atoms with Crippen LogP contribution in [0.25, 0.3) is 0 Å². The first-order valence-corrected chi connectivity index (χ1v) is 27.8. The van der Waals surface area contributed by atoms with Gasteiger partial charge in [-0.1, -0.05) is 5.92 Å². The van der Waals surface area contributed by atoms with Gasteiger partial charge in [-0.25, -0.2) is 29.2 Å². The molecule has 34 heteroatoms. The molecule has 0 radical (unpaired) electrons. The molecule has 0 unspecified atom stereocenters. The molecule has 4 rings (SSSR count). The number of hydrogen-bond acceptors (Lipinski definition) is 23. The Bertz CT molecular complexity index is 2240. The van der Waals surface area contributed by atoms with Crippen molar-refractivity contribution in [3.8, 4) is 12.3 Å². The third-order valence-electron chi connectivity index (χ3n) is 13.6. The lowest BCUT2D eigenvalue weighted by Gasteiger charge is -2.41. The molecule has 0 aliphatic carbocycles. The van der Waals surface area contributed by atoms with Crippen molar-refractivity contribution in [2.45, 2.75) is 119 Å². The average Bonchev–Trinajstić information content (AvgIpc) is 1.18. The second-order valence-electron chi connectivity index (χ2n) is 19.9. The number of terminal acetylenes is 1. The molecule has 0 saturated carbocycles. The summed E-state index contributed by atoms with van der Waals surface area (Å²) in [6.07, 6.45) is -4.56. The third-order valence-corrected chi connectivity index (χ3v) is 13.6. The topological polar surface area (TPSA) is 496 Å². The largest absolute Gasteiger partial charge is 0.477 e. The van der Waals surface area contributed by atoms with E-state index in [2.05, 4.69) is 26.5 Å². The van der Waals surface area contributed by atoms with Crippen molar-refractivity contribution in [1.29, 1.82) is 0 Å². The molecule has 4 aliphatic heterocycles. The van der Waals surface area contributed by atoms with Crippen LogP contribution in [0.5, 0.6) is 0 Å². The van der Waals surface area contributed by atoms with E-state index >= 15 is 0 Å². The molecule has 34 nitrogen and oxygen atoms in total. The summed E-state index contributed by atoms with van der Waals surface area (Å²) in [5, 5.41) is 66.4. The third kappa shape index (κ3) is 23.9. The fourth-order valence-corrected chi connectivity index (χ4v) is 9.45. The first-order valence-electron chi connectivity index (χ1n) is 27.8. The van der Waals surface area contributed by atoms with Gasteiger partial charge in [0.15, 0.2) is 36.3 Å². The second kappa shape index (κ2) is 37.3. The van der Waals surface area contributed by atoms with Gasteiger partial charge in [0.05, 0.1) is 115 Å². The number of hydrogen-bond donors (Lipinski definition) is 12. The van der Waals surface area contributed by atoms with E-state index in [4.69, 9.17) is 76.7 Å². The van der Waals surface area contributed by atoms with Gasteiger partial charge in [-0.3, -0.25) is 14.4 Å². The summed E-state index contributed by atoms with van der Waals surface area (Å²) >= 11 is 0. The van der Waals surface area contributed by atoms with Crippen molar-refractivity contribution in [2.75, 3.05) is 119 Å². The van der Waals surface area contributed by atoms with E-state index in [1.165, 1.54) is 9.80 Å². The first-order chi connectivity index (χ1) is 41.1. The minimum absolute atomic E-state index is 0.000332. The normalized spacial score (nSPS) is 22.1. The Balaban J connectivity index is 1.34. The highest BCUT2D eigenvalue weighted by Gasteiger charge is 2.49. The lowest BCUT2D eigenvalue weighted by atomic mass is 9.92. The Hall–Kier alpha value is -7.33. The number of nitrogens with two attached hydrogens (primary N) is 4. The number of aliphatic imine (C=N–C) groups is 2. The number of carbonyl (C=O) groups excluding carboxylic acids is 5. The molecule has 2 fully saturated rings. The zero-order valence-electron chi connectivity index (χ0n) is 48.1. The predicted octanol–water partition coefficient (Wildman–Crippen LogP) is -5.39. The number of rotatable bonds is 35. The van der Waals surface area contributed by atoms with E-state index in [-0.39, 0.29) is 103 Å². The van der Waals surface area contributed by atoms with Crippen LogP contribution in [0.4, 0.5) is 9.59 Å². The molecule has 0 aromatic rings. The standard InChI is InChI=1S/C52H83N11O23/c1-4-16-77-20-22-79-24-25-80-23-21-78-17-9-40(70)61(14-18-81-32-5-10-62(11-6-32)51(75)85-43(36(68)28-64)45-41(57-30(2)66)34(59-49(53)54)26-38(83-45)47(71)72)15-19-82-33-7-12-63(13-8-33)52(76)86-44(37(69)29-65)46-42(58-31(3)67)35(60-50(55)56)27-39(84-46)48(73)74/h1,26-27,32-37,41-46,64-65,68-69H,5-25,28-29H2,2-3H3,(H,57,66)(H,58,67)(H,71,72)(H,73,74)(H4,53,54,59)(H4,55,56,60)/t34-,35-,36+,37+,41+,42+,43+,44+,45+,46+/m0/s1. The molecule has 0 bridgehead atoms. The molecule has 16 N–H and O–H groups in total. The van der Waals surface area contributed by atoms with Crippen LogP contribution in [0.1, 0.15) is 46.0 Å². The van der Waals surface area contributed by atoms with Crippen molar-refractivity contribution >= 4 is 53.8 Å². The van der Waals surface area contributed by atoms with Gasteiger partial charge < -0.3 is 126 Å². The molecule has 86 heavy (non-hydrogen) atoms. The number of ether oxygens (including phenoxy) is 10. The van der Waals surface area contributed by atoms with Gasteiger partial charge >= 0.3 is 24.1 Å². The fourth-order valence-electron chi connectivity index (χ4n) is 9.45. The summed E-state index contributed by atoms with van der Waals surface area (Å²) in [6, 6.07) is -5.04. The number of piperidine rings is 2. The minimum Gasteiger partial charge on any atom is -0.477 e. The molecule has 0 aromatic carbocycles. The predicted molar refractivity (Wildman–Crippen MR) is 297 cm³/mol. The van der Waals surface area contributed by atoms with E-state index < -0.39 is 133 Å². The summed E-state index contributed by atoms with van der Waals surface area (Å²) < 4.78 is 56.7. The van der Waals surface area contributed by atoms with Crippen LogP contribution in [-0.4, -0.2) is 291 Å². The van der Waals surface area contributed by atoms with Crippen LogP contribution >= 0.6 is 0 Å². The number of amides is 5. The number of nitrogens with zero attached hydrogens (tertiary/aromatic N) is 5. The highest BCUT2D eigenvalue weighted by molar-refractivity contribution is 5.86. The number of carbonyl (C=O) groups is 7. The zero-order chi connectivity index (χ0) is 63.3. The van der Waals surface area contributed by atoms with Crippen LogP contribution in [0.15, 0.2) is 33.7 Å². The average molecular weight is 1230 g/mol. The van der Waals surface area contributed by atoms with E-state index in [1.807, 2.05) is 0 Å². The number of aliphatic carboxylic acids is 2. The highest BCUT2D eigenvalue weighted by atomic mass is 16.6. The maximum absolute atomic E-state index is 13.7. The summed E-state index contributed by atoms with van der Waals surface area (Å²) in [7, 11) is 0. The Morgan fingerprint density at radius 3 is 1.35 bits per heavy atom. The molecule has 0 aromatic heterocycles. The Kier molecular flexibility index (Phi) is 30.8. The van der Waals surface area contributed by atoms with Crippen LogP contribution in [0.2, 0.25) is 0 Å². The van der Waals surface area contributed by atoms with Crippen LogP contribution in [-0.2, 0) is 71.3 Å². The number of aliphatic hydroxyl groups excluding tert-OH is 4. The second-order valence-corrected chi connectivity index (χ2v) is 19.9. The Morgan fingerprint density at radius 2 is 1.01 bits per heavy atom. The van der Waals surface area contributed by atoms with E-state index in [9.17, 15) is 64.2 Å². The van der Waals surface area contributed by atoms with Gasteiger partial charge in [-0.15, -0.1) is 6.42 Å². The van der Waals surface area contributed by atoms with Gasteiger partial charge in [0.25, 0.3) is 0 Å². The molecular formula is C52H83N11O23. The number of carboxylic acids is 2. The molecule has 484 valence electrons. The summed E-state index contributed by atoms with van der Waals surface area (Å²) in [5.74, 6) is -4.53. The summed E-state index contributed by atoms with van der Waals surface area (Å²) in [4.78, 5) is 102. The van der Waals surface area contributed by atoms with E-state index in [0.717, 1.165) is 26.0 Å². The number of guanidine groups is 2. The molecular weight excluding hydrogens is 1150 g/mol. The summed E-state index contributed by atoms with van der Waals surface area (Å²) in [5.41, 5.74) is 22.3. The van der Waals surface area contributed by atoms with E-state index in [0.29, 0.717) is 52.1 Å². The number of carboxylic acid groups (broad SMARTS) is 2. The number of likely N-dealkylation sites (tertiary alicyclic amines) is 2. The van der Waals surface area contributed by atoms with Gasteiger partial charge in [0.2, 0.25) is 29.2 Å². The zero-order valence-corrected chi connectivity index (χ0v) is 48.1. The first kappa shape index (κ1) is 71.2. The Labute approximate surface area is 496 Å². The highest BCUT2D eigenvalue weighted by Crippen LogP contribution is 2.30. The summed E-state index contributed by atoms with van der Waals surface area (Å²) in [6.45, 7) is 3.26. The number of aliphatic hydroxyl groups is 4. The van der Waals surface area contributed by atoms with E-state index in [1.54, 1.807) is 4.90 Å². The monoisotopic (exact) mass is 1230 g/mol. The van der Waals surface area contributed by atoms with Crippen LogP contribution < -0.4 is 33.6 Å². The molecule has 5 amide bonds. The quantitative estimate of drug-likeness (QED) is 0.0122. The van der Waals surface area contributed by atoms with Crippen LogP contribution in [0.3, 0.4) is 0 Å². The van der Waals surface area contributed by atoms with Crippen molar-refractivity contribution in [2.24, 2.45) is 32.9 Å². The Morgan fingerprint density at radius 1 is 0.640 bits per heavy atom. The smallest absolute Gasteiger partial charge is 0.410 e. The van der Waals surface area contributed by atoms with Crippen molar-refractivity contribution in [3.05, 3.63) is 23.7 Å². The molecule has 4 heterocycles. The molecule has 0 spiro atoms. The fraction of sp³-hybridized carbons (Fsp3) is 0.712. The molecule has 4 aliphatic rings. The van der Waals surface area contributed by atoms with Gasteiger partial charge in [0.1, 0.15) is 18.8 Å². The number of nitrogens with one attached hydrogen (secondary N) is 2. The SMILES string of the molecule is C#CCOCCOCCOCCOCCC(=O)N(CCOC1CCN(C(=O)O[C@@H]([C@@H]2OC(C(=O)O)=C[C@H](N=C(N)N)[C@H]2NC(C)=O)[C@H](O)CO)CC1)CCOC1CCN(C(=O)O[C@@H]([C@@H]2OC(C(=O)O)=C[C@H](N=C(N)N)[C@H]2NC(C)=O)[C@H](O)CO)CC1.